The van der Waals surface area contributed by atoms with Gasteiger partial charge in [0.05, 0.1) is 6.04 Å². The number of hydrogen-bond acceptors (Lipinski definition) is 4. The summed E-state index contributed by atoms with van der Waals surface area (Å²) in [6.45, 7) is 3.85. The zero-order chi connectivity index (χ0) is 15.7. The SMILES string of the molecule is CC(C)[C@H](N)C(=O)Nc1ccc2c(c1)OC1(CCCCC1)O2.Cl. The summed E-state index contributed by atoms with van der Waals surface area (Å²) in [5.41, 5.74) is 6.56. The van der Waals surface area contributed by atoms with E-state index in [4.69, 9.17) is 15.2 Å². The van der Waals surface area contributed by atoms with Crippen molar-refractivity contribution in [2.75, 3.05) is 5.32 Å². The maximum Gasteiger partial charge on any atom is 0.251 e. The second-order valence-electron chi connectivity index (χ2n) is 6.60. The fourth-order valence-corrected chi connectivity index (χ4v) is 2.99. The number of benzene rings is 1. The number of fused-ring (bicyclic) bond motifs is 1. The van der Waals surface area contributed by atoms with Gasteiger partial charge in [0.25, 0.3) is 5.79 Å². The quantitative estimate of drug-likeness (QED) is 0.883. The number of anilines is 1. The molecule has 0 bridgehead atoms. The molecular formula is C17H25ClN2O3. The van der Waals surface area contributed by atoms with Crippen LogP contribution in [-0.2, 0) is 4.79 Å². The molecule has 0 radical (unpaired) electrons. The van der Waals surface area contributed by atoms with E-state index in [1.807, 2.05) is 32.0 Å². The highest BCUT2D eigenvalue weighted by atomic mass is 35.5. The number of carbonyl (C=O) groups excluding carboxylic acids is 1. The normalized spacial score (nSPS) is 19.3. The number of halogens is 1. The highest BCUT2D eigenvalue weighted by Crippen LogP contribution is 2.46. The van der Waals surface area contributed by atoms with Crippen molar-refractivity contribution in [2.24, 2.45) is 11.7 Å². The van der Waals surface area contributed by atoms with E-state index in [0.29, 0.717) is 11.4 Å². The van der Waals surface area contributed by atoms with Crippen molar-refractivity contribution in [3.8, 4) is 11.5 Å². The van der Waals surface area contributed by atoms with E-state index in [-0.39, 0.29) is 24.2 Å². The van der Waals surface area contributed by atoms with Gasteiger partial charge < -0.3 is 20.5 Å². The molecule has 0 saturated heterocycles. The summed E-state index contributed by atoms with van der Waals surface area (Å²) in [6, 6.07) is 4.99. The van der Waals surface area contributed by atoms with E-state index in [2.05, 4.69) is 5.32 Å². The standard InChI is InChI=1S/C17H24N2O3.ClH/c1-11(2)15(18)16(20)19-12-6-7-13-14(10-12)22-17(21-13)8-4-3-5-9-17;/h6-7,10-11,15H,3-5,8-9,18H2,1-2H3,(H,19,20);1H/t15-;/m0./s1. The van der Waals surface area contributed by atoms with Gasteiger partial charge in [0.1, 0.15) is 0 Å². The molecular weight excluding hydrogens is 316 g/mol. The fraction of sp³-hybridized carbons (Fsp3) is 0.588. The Morgan fingerprint density at radius 2 is 1.83 bits per heavy atom. The molecule has 1 aliphatic carbocycles. The van der Waals surface area contributed by atoms with Gasteiger partial charge in [-0.3, -0.25) is 4.79 Å². The van der Waals surface area contributed by atoms with Gasteiger partial charge >= 0.3 is 0 Å². The van der Waals surface area contributed by atoms with E-state index in [0.717, 1.165) is 31.4 Å². The summed E-state index contributed by atoms with van der Waals surface area (Å²) in [5.74, 6) is 0.893. The van der Waals surface area contributed by atoms with Crippen molar-refractivity contribution in [1.82, 2.24) is 0 Å². The molecule has 6 heteroatoms. The van der Waals surface area contributed by atoms with Gasteiger partial charge in [0, 0.05) is 24.6 Å². The van der Waals surface area contributed by atoms with E-state index in [1.165, 1.54) is 6.42 Å². The number of nitrogens with two attached hydrogens (primary N) is 1. The van der Waals surface area contributed by atoms with Gasteiger partial charge in [0.2, 0.25) is 5.91 Å². The van der Waals surface area contributed by atoms with Crippen molar-refractivity contribution < 1.29 is 14.3 Å². The van der Waals surface area contributed by atoms with E-state index >= 15 is 0 Å². The lowest BCUT2D eigenvalue weighted by molar-refractivity contribution is -0.118. The lowest BCUT2D eigenvalue weighted by atomic mass is 9.94. The van der Waals surface area contributed by atoms with Crippen molar-refractivity contribution in [2.45, 2.75) is 57.8 Å². The van der Waals surface area contributed by atoms with Gasteiger partial charge in [-0.15, -0.1) is 12.4 Å². The molecule has 2 aliphatic rings. The highest BCUT2D eigenvalue weighted by molar-refractivity contribution is 5.95. The molecule has 1 amide bonds. The van der Waals surface area contributed by atoms with Crippen LogP contribution in [0.3, 0.4) is 0 Å². The van der Waals surface area contributed by atoms with Crippen LogP contribution in [0.1, 0.15) is 46.0 Å². The summed E-state index contributed by atoms with van der Waals surface area (Å²) in [6.07, 6.45) is 5.32. The zero-order valence-corrected chi connectivity index (χ0v) is 14.4. The van der Waals surface area contributed by atoms with Crippen LogP contribution in [0.2, 0.25) is 0 Å². The average Bonchev–Trinajstić information content (AvgIpc) is 2.83. The minimum Gasteiger partial charge on any atom is -0.448 e. The smallest absolute Gasteiger partial charge is 0.251 e. The molecule has 5 nitrogen and oxygen atoms in total. The lowest BCUT2D eigenvalue weighted by Gasteiger charge is -2.31. The monoisotopic (exact) mass is 340 g/mol. The van der Waals surface area contributed by atoms with Gasteiger partial charge in [-0.1, -0.05) is 20.3 Å². The second kappa shape index (κ2) is 6.97. The molecule has 1 heterocycles. The topological polar surface area (TPSA) is 73.6 Å². The molecule has 0 aromatic heterocycles. The van der Waals surface area contributed by atoms with E-state index in [1.54, 1.807) is 0 Å². The minimum absolute atomic E-state index is 0. The number of rotatable bonds is 3. The Bertz CT molecular complexity index is 571. The van der Waals surface area contributed by atoms with Crippen molar-refractivity contribution in [1.29, 1.82) is 0 Å². The Morgan fingerprint density at radius 1 is 1.17 bits per heavy atom. The number of ether oxygens (including phenoxy) is 2. The number of nitrogens with one attached hydrogen (secondary N) is 1. The minimum atomic E-state index is -0.518. The van der Waals surface area contributed by atoms with Crippen LogP contribution in [0, 0.1) is 5.92 Å². The molecule has 23 heavy (non-hydrogen) atoms. The van der Waals surface area contributed by atoms with Crippen LogP contribution in [0.15, 0.2) is 18.2 Å². The van der Waals surface area contributed by atoms with Crippen molar-refractivity contribution >= 4 is 24.0 Å². The molecule has 1 aromatic rings. The summed E-state index contributed by atoms with van der Waals surface area (Å²) in [7, 11) is 0. The van der Waals surface area contributed by atoms with Gasteiger partial charge in [0.15, 0.2) is 11.5 Å². The number of amides is 1. The molecule has 3 N–H and O–H groups in total. The molecule has 1 fully saturated rings. The first-order valence-electron chi connectivity index (χ1n) is 8.08. The summed E-state index contributed by atoms with van der Waals surface area (Å²) >= 11 is 0. The van der Waals surface area contributed by atoms with Gasteiger partial charge in [-0.2, -0.15) is 0 Å². The molecule has 128 valence electrons. The first-order chi connectivity index (χ1) is 10.5. The highest BCUT2D eigenvalue weighted by Gasteiger charge is 2.42. The molecule has 0 unspecified atom stereocenters. The molecule has 1 atom stereocenters. The third-order valence-electron chi connectivity index (χ3n) is 4.44. The first kappa shape index (κ1) is 17.9. The maximum atomic E-state index is 12.0. The van der Waals surface area contributed by atoms with Crippen molar-refractivity contribution in [3.05, 3.63) is 18.2 Å². The number of carbonyl (C=O) groups is 1. The van der Waals surface area contributed by atoms with E-state index in [9.17, 15) is 4.79 Å². The van der Waals surface area contributed by atoms with Crippen LogP contribution in [0.5, 0.6) is 11.5 Å². The third kappa shape index (κ3) is 3.72. The third-order valence-corrected chi connectivity index (χ3v) is 4.44. The Kier molecular flexibility index (Phi) is 5.42. The summed E-state index contributed by atoms with van der Waals surface area (Å²) in [4.78, 5) is 12.0. The first-order valence-corrected chi connectivity index (χ1v) is 8.08. The maximum absolute atomic E-state index is 12.0. The number of hydrogen-bond donors (Lipinski definition) is 2. The predicted molar refractivity (Wildman–Crippen MR) is 92.2 cm³/mol. The second-order valence-corrected chi connectivity index (χ2v) is 6.60. The van der Waals surface area contributed by atoms with E-state index < -0.39 is 11.8 Å². The summed E-state index contributed by atoms with van der Waals surface area (Å²) in [5, 5.41) is 2.84. The van der Waals surface area contributed by atoms with Crippen LogP contribution in [0.4, 0.5) is 5.69 Å². The lowest BCUT2D eigenvalue weighted by Crippen LogP contribution is -2.40. The average molecular weight is 341 g/mol. The van der Waals surface area contributed by atoms with Crippen LogP contribution in [-0.4, -0.2) is 17.7 Å². The molecule has 1 aliphatic heterocycles. The van der Waals surface area contributed by atoms with Crippen LogP contribution < -0.4 is 20.5 Å². The Hall–Kier alpha value is -1.46. The van der Waals surface area contributed by atoms with Gasteiger partial charge in [-0.05, 0) is 30.9 Å². The van der Waals surface area contributed by atoms with Crippen molar-refractivity contribution in [3.63, 3.8) is 0 Å². The fourth-order valence-electron chi connectivity index (χ4n) is 2.99. The molecule has 1 spiro atoms. The van der Waals surface area contributed by atoms with Gasteiger partial charge in [-0.25, -0.2) is 0 Å². The Morgan fingerprint density at radius 3 is 2.48 bits per heavy atom. The predicted octanol–water partition coefficient (Wildman–Crippen LogP) is 3.46. The molecule has 1 aromatic carbocycles. The molecule has 1 saturated carbocycles. The Labute approximate surface area is 143 Å². The zero-order valence-electron chi connectivity index (χ0n) is 13.6. The van der Waals surface area contributed by atoms with Crippen LogP contribution >= 0.6 is 12.4 Å². The van der Waals surface area contributed by atoms with Crippen LogP contribution in [0.25, 0.3) is 0 Å². The largest absolute Gasteiger partial charge is 0.448 e. The summed E-state index contributed by atoms with van der Waals surface area (Å²) < 4.78 is 12.1. The Balaban J connectivity index is 0.00000192. The molecule has 3 rings (SSSR count).